The molecule has 5 heteroatoms. The van der Waals surface area contributed by atoms with Crippen LogP contribution < -0.4 is 4.90 Å². The van der Waals surface area contributed by atoms with Gasteiger partial charge in [0.05, 0.1) is 11.6 Å². The maximum Gasteiger partial charge on any atom is 0.300 e. The zero-order valence-corrected chi connectivity index (χ0v) is 21.0. The van der Waals surface area contributed by atoms with Crippen molar-refractivity contribution >= 4 is 39.1 Å². The van der Waals surface area contributed by atoms with Crippen LogP contribution in [-0.2, 0) is 22.4 Å². The van der Waals surface area contributed by atoms with Gasteiger partial charge in [0.1, 0.15) is 5.76 Å². The number of Topliss-reactive ketones (excluding diaryl/α,β-unsaturated/α-hetero) is 1. The summed E-state index contributed by atoms with van der Waals surface area (Å²) in [5.74, 6) is -1.48. The molecule has 174 valence electrons. The van der Waals surface area contributed by atoms with Gasteiger partial charge in [-0.05, 0) is 60.2 Å². The van der Waals surface area contributed by atoms with Crippen LogP contribution in [0.25, 0.3) is 5.76 Å². The third-order valence-electron chi connectivity index (χ3n) is 6.30. The number of anilines is 1. The highest BCUT2D eigenvalue weighted by Crippen LogP contribution is 2.42. The van der Waals surface area contributed by atoms with Gasteiger partial charge in [-0.1, -0.05) is 84.7 Å². The van der Waals surface area contributed by atoms with Crippen molar-refractivity contribution in [3.63, 3.8) is 0 Å². The Kier molecular flexibility index (Phi) is 7.32. The summed E-state index contributed by atoms with van der Waals surface area (Å²) in [7, 11) is 0. The van der Waals surface area contributed by atoms with Crippen molar-refractivity contribution in [3.05, 3.63) is 105 Å². The van der Waals surface area contributed by atoms with Crippen molar-refractivity contribution in [2.24, 2.45) is 0 Å². The average molecular weight is 518 g/mol. The number of hydrogen-bond acceptors (Lipinski definition) is 3. The molecule has 1 heterocycles. The molecule has 3 aromatic carbocycles. The van der Waals surface area contributed by atoms with Crippen LogP contribution in [0.3, 0.4) is 0 Å². The van der Waals surface area contributed by atoms with Gasteiger partial charge in [-0.15, -0.1) is 0 Å². The smallest absolute Gasteiger partial charge is 0.300 e. The molecule has 1 fully saturated rings. The van der Waals surface area contributed by atoms with Crippen LogP contribution >= 0.6 is 15.9 Å². The van der Waals surface area contributed by atoms with Crippen LogP contribution in [0, 0.1) is 0 Å². The number of aryl methyl sites for hydroxylation is 2. The number of amides is 1. The minimum atomic E-state index is -0.712. The Balaban J connectivity index is 1.84. The number of carbonyl (C=O) groups is 2. The number of ketones is 1. The zero-order chi connectivity index (χ0) is 24.2. The molecule has 1 aliphatic heterocycles. The van der Waals surface area contributed by atoms with Crippen molar-refractivity contribution in [3.8, 4) is 0 Å². The molecular formula is C29H28BrNO3. The maximum absolute atomic E-state index is 13.3. The molecule has 0 aliphatic carbocycles. The molecule has 4 rings (SSSR count). The largest absolute Gasteiger partial charge is 0.507 e. The zero-order valence-electron chi connectivity index (χ0n) is 19.4. The Morgan fingerprint density at radius 1 is 0.882 bits per heavy atom. The molecule has 1 N–H and O–H groups in total. The average Bonchev–Trinajstić information content (AvgIpc) is 3.13. The first-order valence-electron chi connectivity index (χ1n) is 11.7. The highest BCUT2D eigenvalue weighted by molar-refractivity contribution is 9.10. The lowest BCUT2D eigenvalue weighted by Crippen LogP contribution is -2.29. The summed E-state index contributed by atoms with van der Waals surface area (Å²) in [5.41, 5.74) is 4.37. The highest BCUT2D eigenvalue weighted by Gasteiger charge is 2.46. The lowest BCUT2D eigenvalue weighted by Gasteiger charge is -2.26. The van der Waals surface area contributed by atoms with Gasteiger partial charge >= 0.3 is 0 Å². The monoisotopic (exact) mass is 517 g/mol. The Bertz CT molecular complexity index is 1210. The second-order valence-corrected chi connectivity index (χ2v) is 9.46. The van der Waals surface area contributed by atoms with Crippen LogP contribution in [-0.4, -0.2) is 16.8 Å². The number of rotatable bonds is 7. The fourth-order valence-electron chi connectivity index (χ4n) is 4.32. The number of hydrogen-bond donors (Lipinski definition) is 1. The number of benzene rings is 3. The van der Waals surface area contributed by atoms with E-state index in [1.165, 1.54) is 10.5 Å². The molecule has 4 nitrogen and oxygen atoms in total. The third-order valence-corrected chi connectivity index (χ3v) is 6.83. The topological polar surface area (TPSA) is 57.6 Å². The first-order valence-corrected chi connectivity index (χ1v) is 12.5. The molecule has 1 aliphatic rings. The minimum Gasteiger partial charge on any atom is -0.507 e. The van der Waals surface area contributed by atoms with Gasteiger partial charge in [-0.25, -0.2) is 0 Å². The normalized spacial score (nSPS) is 17.4. The summed E-state index contributed by atoms with van der Waals surface area (Å²) in [5, 5.41) is 11.2. The Morgan fingerprint density at radius 3 is 2.09 bits per heavy atom. The third kappa shape index (κ3) is 4.71. The van der Waals surface area contributed by atoms with E-state index in [9.17, 15) is 14.7 Å². The van der Waals surface area contributed by atoms with Gasteiger partial charge in [-0.3, -0.25) is 14.5 Å². The molecule has 3 aromatic rings. The number of aliphatic hydroxyl groups excluding tert-OH is 1. The number of unbranched alkanes of at least 4 members (excludes halogenated alkanes) is 1. The van der Waals surface area contributed by atoms with E-state index in [4.69, 9.17) is 0 Å². The first-order chi connectivity index (χ1) is 16.4. The summed E-state index contributed by atoms with van der Waals surface area (Å²) < 4.78 is 0.861. The molecule has 0 saturated carbocycles. The highest BCUT2D eigenvalue weighted by atomic mass is 79.9. The molecule has 0 aromatic heterocycles. The Morgan fingerprint density at radius 2 is 1.50 bits per heavy atom. The molecule has 0 bridgehead atoms. The number of nitrogens with zero attached hydrogens (tertiary/aromatic N) is 1. The van der Waals surface area contributed by atoms with E-state index in [1.54, 1.807) is 24.3 Å². The van der Waals surface area contributed by atoms with Crippen LogP contribution in [0.4, 0.5) is 5.69 Å². The lowest BCUT2D eigenvalue weighted by molar-refractivity contribution is -0.132. The van der Waals surface area contributed by atoms with E-state index in [0.29, 0.717) is 11.3 Å². The van der Waals surface area contributed by atoms with E-state index < -0.39 is 17.7 Å². The van der Waals surface area contributed by atoms with E-state index in [-0.39, 0.29) is 11.3 Å². The first kappa shape index (κ1) is 24.0. The molecule has 0 radical (unpaired) electrons. The quantitative estimate of drug-likeness (QED) is 0.209. The van der Waals surface area contributed by atoms with Gasteiger partial charge in [-0.2, -0.15) is 0 Å². The SMILES string of the molecule is CCCCc1ccc(N2C(=O)C(=O)/C(=C(/O)c3ccc(Br)cc3)C2c2ccc(CC)cc2)cc1. The summed E-state index contributed by atoms with van der Waals surface area (Å²) >= 11 is 3.40. The van der Waals surface area contributed by atoms with Crippen LogP contribution in [0.2, 0.25) is 0 Å². The number of carbonyl (C=O) groups excluding carboxylic acids is 2. The van der Waals surface area contributed by atoms with E-state index in [1.807, 2.05) is 48.5 Å². The van der Waals surface area contributed by atoms with Crippen LogP contribution in [0.5, 0.6) is 0 Å². The van der Waals surface area contributed by atoms with Gasteiger partial charge in [0.25, 0.3) is 11.7 Å². The van der Waals surface area contributed by atoms with Gasteiger partial charge in [0, 0.05) is 15.7 Å². The fraction of sp³-hybridized carbons (Fsp3) is 0.241. The predicted molar refractivity (Wildman–Crippen MR) is 140 cm³/mol. The fourth-order valence-corrected chi connectivity index (χ4v) is 4.58. The van der Waals surface area contributed by atoms with Crippen molar-refractivity contribution in [1.82, 2.24) is 0 Å². The molecule has 1 atom stereocenters. The number of aliphatic hydroxyl groups is 1. The predicted octanol–water partition coefficient (Wildman–Crippen LogP) is 6.98. The van der Waals surface area contributed by atoms with E-state index >= 15 is 0 Å². The maximum atomic E-state index is 13.3. The molecule has 0 spiro atoms. The van der Waals surface area contributed by atoms with Crippen molar-refractivity contribution in [1.29, 1.82) is 0 Å². The van der Waals surface area contributed by atoms with Gasteiger partial charge < -0.3 is 5.11 Å². The van der Waals surface area contributed by atoms with E-state index in [2.05, 4.69) is 29.8 Å². The van der Waals surface area contributed by atoms with Gasteiger partial charge in [0.15, 0.2) is 0 Å². The summed E-state index contributed by atoms with van der Waals surface area (Å²) in [6.07, 6.45) is 4.07. The standard InChI is InChI=1S/C29H28BrNO3/c1-3-5-6-20-9-17-24(18-10-20)31-26(21-11-7-19(4-2)8-12-21)25(28(33)29(31)34)27(32)22-13-15-23(30)16-14-22/h7-18,26,32H,3-6H2,1-2H3/b27-25+. The number of halogens is 1. The van der Waals surface area contributed by atoms with Crippen LogP contribution in [0.15, 0.2) is 82.8 Å². The lowest BCUT2D eigenvalue weighted by atomic mass is 9.94. The van der Waals surface area contributed by atoms with Gasteiger partial charge in [0.2, 0.25) is 0 Å². The molecule has 1 saturated heterocycles. The Hall–Kier alpha value is -3.18. The minimum absolute atomic E-state index is 0.103. The summed E-state index contributed by atoms with van der Waals surface area (Å²) in [6.45, 7) is 4.23. The second kappa shape index (κ2) is 10.4. The van der Waals surface area contributed by atoms with Crippen molar-refractivity contribution < 1.29 is 14.7 Å². The van der Waals surface area contributed by atoms with Crippen molar-refractivity contribution in [2.45, 2.75) is 45.6 Å². The molecule has 1 amide bonds. The Labute approximate surface area is 209 Å². The molecular weight excluding hydrogens is 490 g/mol. The molecule has 34 heavy (non-hydrogen) atoms. The van der Waals surface area contributed by atoms with E-state index in [0.717, 1.165) is 41.3 Å². The molecule has 1 unspecified atom stereocenters. The van der Waals surface area contributed by atoms with Crippen molar-refractivity contribution in [2.75, 3.05) is 4.90 Å². The summed E-state index contributed by atoms with van der Waals surface area (Å²) in [6, 6.07) is 22.0. The summed E-state index contributed by atoms with van der Waals surface area (Å²) in [4.78, 5) is 28.1. The van der Waals surface area contributed by atoms with Crippen LogP contribution in [0.1, 0.15) is 55.0 Å². The second-order valence-electron chi connectivity index (χ2n) is 8.54.